The molecule has 0 radical (unpaired) electrons. The Kier molecular flexibility index (Phi) is 3.74. The molecule has 0 saturated carbocycles. The highest BCUT2D eigenvalue weighted by atomic mass is 16.5. The van der Waals surface area contributed by atoms with E-state index in [0.717, 1.165) is 47.6 Å². The molecule has 1 saturated heterocycles. The Balaban J connectivity index is 1.90. The van der Waals surface area contributed by atoms with Crippen molar-refractivity contribution < 1.29 is 14.5 Å². The van der Waals surface area contributed by atoms with E-state index in [1.807, 2.05) is 6.07 Å². The fraction of sp³-hybridized carbons (Fsp3) is 0.438. The molecule has 0 aliphatic carbocycles. The Morgan fingerprint density at radius 3 is 3.05 bits per heavy atom. The molecule has 106 valence electrons. The van der Waals surface area contributed by atoms with Gasteiger partial charge in [0.1, 0.15) is 5.75 Å². The maximum absolute atomic E-state index is 5.67. The van der Waals surface area contributed by atoms with Crippen LogP contribution < -0.4 is 15.0 Å². The Hall–Kier alpha value is -1.81. The molecule has 0 unspecified atom stereocenters. The van der Waals surface area contributed by atoms with Crippen molar-refractivity contribution >= 4 is 16.6 Å². The maximum Gasteiger partial charge on any atom is 0.213 e. The molecule has 1 aliphatic heterocycles. The van der Waals surface area contributed by atoms with Gasteiger partial charge in [-0.15, -0.1) is 0 Å². The first-order valence-corrected chi connectivity index (χ1v) is 7.12. The van der Waals surface area contributed by atoms with Crippen molar-refractivity contribution in [2.75, 3.05) is 25.6 Å². The molecule has 1 aromatic heterocycles. The third kappa shape index (κ3) is 2.70. The van der Waals surface area contributed by atoms with Gasteiger partial charge in [0.2, 0.25) is 5.52 Å². The average Bonchev–Trinajstić information content (AvgIpc) is 2.97. The number of hydrogen-bond acceptors (Lipinski definition) is 3. The predicted molar refractivity (Wildman–Crippen MR) is 79.3 cm³/mol. The minimum absolute atomic E-state index is 0.333. The van der Waals surface area contributed by atoms with E-state index in [-0.39, 0.29) is 0 Å². The lowest BCUT2D eigenvalue weighted by atomic mass is 10.1. The van der Waals surface area contributed by atoms with Crippen molar-refractivity contribution in [1.29, 1.82) is 0 Å². The summed E-state index contributed by atoms with van der Waals surface area (Å²) in [5.41, 5.74) is 3.38. The largest absolute Gasteiger partial charge is 0.497 e. The molecule has 4 nitrogen and oxygen atoms in total. The summed E-state index contributed by atoms with van der Waals surface area (Å²) in [6.45, 7) is 3.82. The van der Waals surface area contributed by atoms with Crippen molar-refractivity contribution in [2.24, 2.45) is 0 Å². The summed E-state index contributed by atoms with van der Waals surface area (Å²) in [5.74, 6) is 0.870. The van der Waals surface area contributed by atoms with Gasteiger partial charge in [-0.2, -0.15) is 0 Å². The van der Waals surface area contributed by atoms with E-state index >= 15 is 0 Å². The molecule has 0 bridgehead atoms. The monoisotopic (exact) mass is 273 g/mol. The highest BCUT2D eigenvalue weighted by Gasteiger charge is 2.16. The van der Waals surface area contributed by atoms with Crippen LogP contribution in [-0.4, -0.2) is 26.4 Å². The zero-order chi connectivity index (χ0) is 13.9. The minimum Gasteiger partial charge on any atom is -0.497 e. The van der Waals surface area contributed by atoms with Crippen molar-refractivity contribution in [3.63, 3.8) is 0 Å². The first-order valence-electron chi connectivity index (χ1n) is 7.12. The summed E-state index contributed by atoms with van der Waals surface area (Å²) in [4.78, 5) is 3.38. The van der Waals surface area contributed by atoms with Crippen LogP contribution in [0, 0.1) is 6.92 Å². The van der Waals surface area contributed by atoms with Gasteiger partial charge in [0.25, 0.3) is 0 Å². The third-order valence-electron chi connectivity index (χ3n) is 3.75. The quantitative estimate of drug-likeness (QED) is 0.931. The number of aromatic amines is 1. The number of aromatic nitrogens is 1. The molecule has 1 fully saturated rings. The second kappa shape index (κ2) is 5.67. The van der Waals surface area contributed by atoms with E-state index in [2.05, 4.69) is 35.4 Å². The molecule has 2 N–H and O–H groups in total. The Bertz CT molecular complexity index is 607. The number of aryl methyl sites for hydroxylation is 1. The first-order chi connectivity index (χ1) is 9.76. The highest BCUT2D eigenvalue weighted by molar-refractivity contribution is 5.90. The fourth-order valence-electron chi connectivity index (χ4n) is 2.70. The normalized spacial score (nSPS) is 18.4. The molecular weight excluding hydrogens is 252 g/mol. The van der Waals surface area contributed by atoms with Crippen LogP contribution in [0.15, 0.2) is 24.3 Å². The number of ether oxygens (including phenoxy) is 2. The molecule has 2 aromatic rings. The molecule has 2 heterocycles. The van der Waals surface area contributed by atoms with Crippen molar-refractivity contribution in [1.82, 2.24) is 0 Å². The van der Waals surface area contributed by atoms with Gasteiger partial charge in [0.15, 0.2) is 5.69 Å². The van der Waals surface area contributed by atoms with Gasteiger partial charge in [0.05, 0.1) is 24.3 Å². The number of rotatable bonds is 4. The lowest BCUT2D eigenvalue weighted by molar-refractivity contribution is -0.354. The molecule has 4 heteroatoms. The van der Waals surface area contributed by atoms with Crippen LogP contribution >= 0.6 is 0 Å². The van der Waals surface area contributed by atoms with Crippen LogP contribution in [0.2, 0.25) is 0 Å². The summed E-state index contributed by atoms with van der Waals surface area (Å²) in [5, 5.41) is 4.67. The minimum atomic E-state index is 0.333. The average molecular weight is 273 g/mol. The Morgan fingerprint density at radius 1 is 1.40 bits per heavy atom. The van der Waals surface area contributed by atoms with Gasteiger partial charge in [0, 0.05) is 32.2 Å². The van der Waals surface area contributed by atoms with E-state index in [0.29, 0.717) is 6.10 Å². The van der Waals surface area contributed by atoms with Crippen molar-refractivity contribution in [2.45, 2.75) is 25.9 Å². The summed E-state index contributed by atoms with van der Waals surface area (Å²) >= 11 is 0. The van der Waals surface area contributed by atoms with Gasteiger partial charge < -0.3 is 14.8 Å². The fourth-order valence-corrected chi connectivity index (χ4v) is 2.70. The lowest BCUT2D eigenvalue weighted by Crippen LogP contribution is -2.19. The molecular formula is C16H21N2O2+. The number of fused-ring (bicyclic) bond motifs is 1. The summed E-state index contributed by atoms with van der Waals surface area (Å²) in [6, 6.07) is 8.22. The third-order valence-corrected chi connectivity index (χ3v) is 3.75. The summed E-state index contributed by atoms with van der Waals surface area (Å²) in [7, 11) is 1.69. The van der Waals surface area contributed by atoms with Crippen LogP contribution in [0.4, 0.5) is 5.69 Å². The predicted octanol–water partition coefficient (Wildman–Crippen LogP) is 2.56. The molecule has 1 atom stereocenters. The molecule has 3 rings (SSSR count). The van der Waals surface area contributed by atoms with Crippen molar-refractivity contribution in [3.8, 4) is 5.75 Å². The van der Waals surface area contributed by atoms with Crippen LogP contribution in [0.3, 0.4) is 0 Å². The van der Waals surface area contributed by atoms with E-state index in [4.69, 9.17) is 9.47 Å². The number of anilines is 1. The van der Waals surface area contributed by atoms with Crippen LogP contribution in [0.25, 0.3) is 10.9 Å². The number of pyridine rings is 1. The number of hydrogen-bond donors (Lipinski definition) is 1. The smallest absolute Gasteiger partial charge is 0.213 e. The van der Waals surface area contributed by atoms with Gasteiger partial charge >= 0.3 is 0 Å². The first kappa shape index (κ1) is 13.2. The molecule has 0 amide bonds. The highest BCUT2D eigenvalue weighted by Crippen LogP contribution is 2.26. The van der Waals surface area contributed by atoms with E-state index in [9.17, 15) is 0 Å². The zero-order valence-corrected chi connectivity index (χ0v) is 12.0. The molecule has 1 aliphatic rings. The lowest BCUT2D eigenvalue weighted by Gasteiger charge is -2.13. The van der Waals surface area contributed by atoms with Crippen LogP contribution in [0.1, 0.15) is 18.5 Å². The van der Waals surface area contributed by atoms with Gasteiger partial charge in [-0.3, -0.25) is 0 Å². The molecule has 20 heavy (non-hydrogen) atoms. The second-order valence-electron chi connectivity index (χ2n) is 5.29. The number of H-pyrrole nitrogens is 1. The van der Waals surface area contributed by atoms with Gasteiger partial charge in [-0.05, 0) is 25.0 Å². The van der Waals surface area contributed by atoms with E-state index in [1.54, 1.807) is 7.11 Å². The van der Waals surface area contributed by atoms with Gasteiger partial charge in [-0.1, -0.05) is 0 Å². The standard InChI is InChI=1S/C16H20N2O2/c1-11-8-16(17-10-13-4-3-7-20-13)14-9-12(19-2)5-6-15(14)18-11/h5-6,8-9,13H,3-4,7,10H2,1-2H3,(H,17,18)/p+1/t13-/m0/s1. The number of methoxy groups -OCH3 is 1. The number of benzene rings is 1. The Labute approximate surface area is 119 Å². The SMILES string of the molecule is COc1ccc2[nH+]c(C)cc(NC[C@@H]3CCCO3)c2c1. The summed E-state index contributed by atoms with van der Waals surface area (Å²) < 4.78 is 11.0. The van der Waals surface area contributed by atoms with Crippen molar-refractivity contribution in [3.05, 3.63) is 30.0 Å². The maximum atomic E-state index is 5.67. The second-order valence-corrected chi connectivity index (χ2v) is 5.29. The van der Waals surface area contributed by atoms with Crippen LogP contribution in [0.5, 0.6) is 5.75 Å². The topological polar surface area (TPSA) is 44.6 Å². The van der Waals surface area contributed by atoms with Gasteiger partial charge in [-0.25, -0.2) is 4.98 Å². The Morgan fingerprint density at radius 2 is 2.30 bits per heavy atom. The van der Waals surface area contributed by atoms with E-state index in [1.165, 1.54) is 6.42 Å². The number of nitrogens with one attached hydrogen (secondary N) is 2. The van der Waals surface area contributed by atoms with Crippen LogP contribution in [-0.2, 0) is 4.74 Å². The summed E-state index contributed by atoms with van der Waals surface area (Å²) in [6.07, 6.45) is 2.65. The molecule has 0 spiro atoms. The molecule has 1 aromatic carbocycles. The zero-order valence-electron chi connectivity index (χ0n) is 12.0. The van der Waals surface area contributed by atoms with E-state index < -0.39 is 0 Å².